The van der Waals surface area contributed by atoms with Crippen molar-refractivity contribution in [2.24, 2.45) is 5.73 Å². The number of anilines is 2. The second kappa shape index (κ2) is 10.6. The number of nitrogens with two attached hydrogens (primary N) is 1. The molecule has 0 amide bonds. The van der Waals surface area contributed by atoms with Gasteiger partial charge in [-0.1, -0.05) is 33.1 Å². The lowest BCUT2D eigenvalue weighted by molar-refractivity contribution is 0.681. The standard InChI is InChI=1S/C14H27N6S/c1-3-5-6-7-9-17-14-19-12(11(15)10-21)18-13(20-14)16-8-4-2/h11,21H,2-10,15H2,1H3,(H2,16,17,18,19,20). The van der Waals surface area contributed by atoms with Crippen molar-refractivity contribution in [1.29, 1.82) is 0 Å². The van der Waals surface area contributed by atoms with Crippen LogP contribution in [0.3, 0.4) is 0 Å². The van der Waals surface area contributed by atoms with Crippen LogP contribution >= 0.6 is 12.6 Å². The smallest absolute Gasteiger partial charge is 0.227 e. The Morgan fingerprint density at radius 1 is 1.10 bits per heavy atom. The number of thiol groups is 1. The monoisotopic (exact) mass is 311 g/mol. The van der Waals surface area contributed by atoms with Gasteiger partial charge in [-0.05, 0) is 12.8 Å². The van der Waals surface area contributed by atoms with Gasteiger partial charge in [0.15, 0.2) is 5.82 Å². The number of hydrogen-bond acceptors (Lipinski definition) is 7. The van der Waals surface area contributed by atoms with E-state index in [1.54, 1.807) is 0 Å². The van der Waals surface area contributed by atoms with Crippen LogP contribution in [0.15, 0.2) is 0 Å². The Kier molecular flexibility index (Phi) is 9.09. The molecular formula is C14H27N6S. The van der Waals surface area contributed by atoms with Crippen molar-refractivity contribution in [3.8, 4) is 0 Å². The second-order valence-corrected chi connectivity index (χ2v) is 5.26. The van der Waals surface area contributed by atoms with E-state index in [1.165, 1.54) is 19.3 Å². The molecular weight excluding hydrogens is 284 g/mol. The molecule has 0 aliphatic carbocycles. The van der Waals surface area contributed by atoms with Gasteiger partial charge >= 0.3 is 0 Å². The maximum absolute atomic E-state index is 5.96. The highest BCUT2D eigenvalue weighted by Gasteiger charge is 2.12. The minimum Gasteiger partial charge on any atom is -0.354 e. The molecule has 4 N–H and O–H groups in total. The van der Waals surface area contributed by atoms with E-state index < -0.39 is 0 Å². The summed E-state index contributed by atoms with van der Waals surface area (Å²) in [6.45, 7) is 7.56. The molecule has 0 saturated carbocycles. The summed E-state index contributed by atoms with van der Waals surface area (Å²) in [6, 6.07) is -0.294. The highest BCUT2D eigenvalue weighted by molar-refractivity contribution is 7.80. The van der Waals surface area contributed by atoms with Crippen LogP contribution < -0.4 is 16.4 Å². The highest BCUT2D eigenvalue weighted by atomic mass is 32.1. The van der Waals surface area contributed by atoms with E-state index in [1.807, 2.05) is 0 Å². The molecule has 1 atom stereocenters. The van der Waals surface area contributed by atoms with E-state index in [4.69, 9.17) is 5.73 Å². The molecule has 21 heavy (non-hydrogen) atoms. The van der Waals surface area contributed by atoms with Crippen LogP contribution in [0.4, 0.5) is 11.9 Å². The van der Waals surface area contributed by atoms with Crippen molar-refractivity contribution in [2.45, 2.75) is 45.1 Å². The minimum atomic E-state index is -0.294. The molecule has 0 spiro atoms. The van der Waals surface area contributed by atoms with E-state index in [-0.39, 0.29) is 6.04 Å². The summed E-state index contributed by atoms with van der Waals surface area (Å²) in [6.07, 6.45) is 5.57. The van der Waals surface area contributed by atoms with E-state index in [9.17, 15) is 0 Å². The van der Waals surface area contributed by atoms with Gasteiger partial charge in [0, 0.05) is 18.8 Å². The third-order valence-corrected chi connectivity index (χ3v) is 3.35. The lowest BCUT2D eigenvalue weighted by Gasteiger charge is -2.12. The van der Waals surface area contributed by atoms with Gasteiger partial charge in [0.1, 0.15) is 0 Å². The quantitative estimate of drug-likeness (QED) is 0.371. The number of aromatic nitrogens is 3. The molecule has 0 aromatic carbocycles. The number of nitrogens with zero attached hydrogens (tertiary/aromatic N) is 3. The van der Waals surface area contributed by atoms with Crippen molar-refractivity contribution in [3.05, 3.63) is 12.7 Å². The Bertz CT molecular complexity index is 401. The molecule has 1 heterocycles. The molecule has 1 aromatic heterocycles. The van der Waals surface area contributed by atoms with Crippen LogP contribution in [0, 0.1) is 6.92 Å². The molecule has 0 aliphatic rings. The van der Waals surface area contributed by atoms with Gasteiger partial charge in [0.25, 0.3) is 0 Å². The van der Waals surface area contributed by atoms with Crippen LogP contribution in [0.1, 0.15) is 50.9 Å². The number of nitrogens with one attached hydrogen (secondary N) is 2. The van der Waals surface area contributed by atoms with Crippen molar-refractivity contribution < 1.29 is 0 Å². The molecule has 0 fully saturated rings. The number of rotatable bonds is 11. The number of unbranched alkanes of at least 4 members (excludes halogenated alkanes) is 3. The normalized spacial score (nSPS) is 12.2. The summed E-state index contributed by atoms with van der Waals surface area (Å²) in [7, 11) is 0. The van der Waals surface area contributed by atoms with E-state index in [0.29, 0.717) is 23.5 Å². The average Bonchev–Trinajstić information content (AvgIpc) is 2.51. The first-order valence-electron chi connectivity index (χ1n) is 7.60. The van der Waals surface area contributed by atoms with Crippen LogP contribution in [-0.4, -0.2) is 33.8 Å². The zero-order valence-electron chi connectivity index (χ0n) is 12.8. The lowest BCUT2D eigenvalue weighted by Crippen LogP contribution is -2.19. The fourth-order valence-electron chi connectivity index (χ4n) is 1.75. The molecule has 0 bridgehead atoms. The van der Waals surface area contributed by atoms with Gasteiger partial charge in [-0.3, -0.25) is 0 Å². The number of hydrogen-bond donors (Lipinski definition) is 4. The summed E-state index contributed by atoms with van der Waals surface area (Å²) in [5.74, 6) is 2.16. The predicted molar refractivity (Wildman–Crippen MR) is 91.7 cm³/mol. The third-order valence-electron chi connectivity index (χ3n) is 2.95. The maximum Gasteiger partial charge on any atom is 0.227 e. The van der Waals surface area contributed by atoms with Crippen LogP contribution in [0.2, 0.25) is 0 Å². The van der Waals surface area contributed by atoms with Crippen molar-refractivity contribution >= 4 is 24.5 Å². The first-order valence-corrected chi connectivity index (χ1v) is 8.23. The van der Waals surface area contributed by atoms with Gasteiger partial charge < -0.3 is 16.4 Å². The molecule has 0 aliphatic heterocycles. The van der Waals surface area contributed by atoms with Gasteiger partial charge in [-0.15, -0.1) is 0 Å². The molecule has 0 saturated heterocycles. The van der Waals surface area contributed by atoms with E-state index in [0.717, 1.165) is 25.9 Å². The zero-order chi connectivity index (χ0) is 15.5. The fraction of sp³-hybridized carbons (Fsp3) is 0.714. The Balaban J connectivity index is 2.66. The minimum absolute atomic E-state index is 0.294. The van der Waals surface area contributed by atoms with Crippen LogP contribution in [-0.2, 0) is 0 Å². The lowest BCUT2D eigenvalue weighted by atomic mass is 10.2. The van der Waals surface area contributed by atoms with Gasteiger partial charge in [0.2, 0.25) is 11.9 Å². The summed E-state index contributed by atoms with van der Waals surface area (Å²) in [4.78, 5) is 13.0. The fourth-order valence-corrected chi connectivity index (χ4v) is 1.91. The van der Waals surface area contributed by atoms with Crippen LogP contribution in [0.25, 0.3) is 0 Å². The molecule has 6 nitrogen and oxygen atoms in total. The van der Waals surface area contributed by atoms with Crippen molar-refractivity contribution in [2.75, 3.05) is 29.5 Å². The Morgan fingerprint density at radius 3 is 2.33 bits per heavy atom. The summed E-state index contributed by atoms with van der Waals surface area (Å²) in [5, 5.41) is 6.36. The summed E-state index contributed by atoms with van der Waals surface area (Å²) in [5.41, 5.74) is 5.96. The van der Waals surface area contributed by atoms with Crippen molar-refractivity contribution in [1.82, 2.24) is 15.0 Å². The van der Waals surface area contributed by atoms with E-state index in [2.05, 4.69) is 52.1 Å². The topological polar surface area (TPSA) is 88.8 Å². The Labute approximate surface area is 133 Å². The Hall–Kier alpha value is -1.08. The van der Waals surface area contributed by atoms with E-state index >= 15 is 0 Å². The first kappa shape index (κ1) is 18.0. The molecule has 1 rings (SSSR count). The largest absolute Gasteiger partial charge is 0.354 e. The highest BCUT2D eigenvalue weighted by Crippen LogP contribution is 2.12. The summed E-state index contributed by atoms with van der Waals surface area (Å²) < 4.78 is 0. The molecule has 1 radical (unpaired) electrons. The van der Waals surface area contributed by atoms with Crippen LogP contribution in [0.5, 0.6) is 0 Å². The molecule has 1 aromatic rings. The first-order chi connectivity index (χ1) is 10.2. The maximum atomic E-state index is 5.96. The van der Waals surface area contributed by atoms with Gasteiger partial charge in [-0.25, -0.2) is 0 Å². The molecule has 7 heteroatoms. The SMILES string of the molecule is [CH2]CCNc1nc(NCCCCCC)nc(C(N)CS)n1. The molecule has 119 valence electrons. The van der Waals surface area contributed by atoms with Gasteiger partial charge in [0.05, 0.1) is 6.04 Å². The predicted octanol–water partition coefficient (Wildman–Crippen LogP) is 2.43. The summed E-state index contributed by atoms with van der Waals surface area (Å²) >= 11 is 4.20. The van der Waals surface area contributed by atoms with Gasteiger partial charge in [-0.2, -0.15) is 27.6 Å². The second-order valence-electron chi connectivity index (χ2n) is 4.90. The third kappa shape index (κ3) is 6.95. The average molecular weight is 311 g/mol. The molecule has 1 unspecified atom stereocenters. The Morgan fingerprint density at radius 2 is 1.76 bits per heavy atom. The van der Waals surface area contributed by atoms with Crippen molar-refractivity contribution in [3.63, 3.8) is 0 Å². The zero-order valence-corrected chi connectivity index (χ0v) is 13.7.